The number of amides is 1. The Morgan fingerprint density at radius 3 is 2.31 bits per heavy atom. The number of hydrogen-bond acceptors (Lipinski definition) is 8. The monoisotopic (exact) mass is 549 g/mol. The second-order valence-electron chi connectivity index (χ2n) is 8.90. The highest BCUT2D eigenvalue weighted by Gasteiger charge is 2.22. The summed E-state index contributed by atoms with van der Waals surface area (Å²) >= 11 is 2.64. The third-order valence-corrected chi connectivity index (χ3v) is 8.21. The minimum absolute atomic E-state index is 0.313. The number of aromatic nitrogens is 3. The Hall–Kier alpha value is -4.60. The molecule has 0 aliphatic heterocycles. The van der Waals surface area contributed by atoms with E-state index in [-0.39, 0.29) is 5.91 Å². The Labute approximate surface area is 233 Å². The van der Waals surface area contributed by atoms with Gasteiger partial charge in [-0.05, 0) is 60.5 Å². The van der Waals surface area contributed by atoms with Crippen LogP contribution in [0, 0.1) is 6.92 Å². The molecule has 192 valence electrons. The van der Waals surface area contributed by atoms with Crippen molar-refractivity contribution >= 4 is 49.6 Å². The number of nitrogens with one attached hydrogen (secondary N) is 1. The van der Waals surface area contributed by atoms with Gasteiger partial charge >= 0.3 is 0 Å². The van der Waals surface area contributed by atoms with Crippen LogP contribution in [0.2, 0.25) is 0 Å². The SMILES string of the molecule is COc1ccc(-c2cc(-c3ccc(C)cc3)c3c(N)c(C(=O)Nc4nc(-c5ccncc5)cs4)sc3n2)cc1. The van der Waals surface area contributed by atoms with Crippen molar-refractivity contribution in [3.63, 3.8) is 0 Å². The minimum atomic E-state index is -0.313. The van der Waals surface area contributed by atoms with Crippen molar-refractivity contribution in [2.24, 2.45) is 0 Å². The molecule has 6 rings (SSSR count). The van der Waals surface area contributed by atoms with Crippen LogP contribution in [-0.4, -0.2) is 28.0 Å². The molecule has 0 aliphatic carbocycles. The summed E-state index contributed by atoms with van der Waals surface area (Å²) in [7, 11) is 1.64. The summed E-state index contributed by atoms with van der Waals surface area (Å²) in [6.07, 6.45) is 3.42. The number of thiophene rings is 1. The summed E-state index contributed by atoms with van der Waals surface area (Å²) in [5.41, 5.74) is 13.6. The molecule has 0 bridgehead atoms. The predicted molar refractivity (Wildman–Crippen MR) is 159 cm³/mol. The molecule has 9 heteroatoms. The summed E-state index contributed by atoms with van der Waals surface area (Å²) in [6, 6.07) is 21.8. The number of aryl methyl sites for hydroxylation is 1. The molecule has 1 amide bonds. The van der Waals surface area contributed by atoms with Gasteiger partial charge in [-0.15, -0.1) is 22.7 Å². The van der Waals surface area contributed by atoms with Crippen LogP contribution < -0.4 is 15.8 Å². The number of nitrogen functional groups attached to an aromatic ring is 1. The number of fused-ring (bicyclic) bond motifs is 1. The normalized spacial score (nSPS) is 11.0. The number of rotatable bonds is 6. The summed E-state index contributed by atoms with van der Waals surface area (Å²) in [5.74, 6) is 0.458. The van der Waals surface area contributed by atoms with Crippen LogP contribution in [0.5, 0.6) is 5.75 Å². The van der Waals surface area contributed by atoms with E-state index in [2.05, 4.69) is 46.5 Å². The lowest BCUT2D eigenvalue weighted by molar-refractivity contribution is 0.103. The van der Waals surface area contributed by atoms with Gasteiger partial charge < -0.3 is 10.5 Å². The Kier molecular flexibility index (Phi) is 6.52. The molecule has 0 spiro atoms. The number of ether oxygens (including phenoxy) is 1. The molecule has 0 fully saturated rings. The fraction of sp³-hybridized carbons (Fsp3) is 0.0667. The van der Waals surface area contributed by atoms with E-state index in [1.807, 2.05) is 47.8 Å². The van der Waals surface area contributed by atoms with Crippen LogP contribution in [0.15, 0.2) is 84.5 Å². The molecule has 0 saturated heterocycles. The molecule has 4 heterocycles. The molecule has 0 atom stereocenters. The van der Waals surface area contributed by atoms with Crippen molar-refractivity contribution in [1.82, 2.24) is 15.0 Å². The van der Waals surface area contributed by atoms with Gasteiger partial charge in [0.2, 0.25) is 0 Å². The molecule has 0 unspecified atom stereocenters. The van der Waals surface area contributed by atoms with E-state index in [1.165, 1.54) is 22.7 Å². The van der Waals surface area contributed by atoms with Gasteiger partial charge in [0.1, 0.15) is 15.5 Å². The Morgan fingerprint density at radius 1 is 0.897 bits per heavy atom. The van der Waals surface area contributed by atoms with Gasteiger partial charge in [0, 0.05) is 34.3 Å². The van der Waals surface area contributed by atoms with Gasteiger partial charge in [0.05, 0.1) is 24.2 Å². The highest BCUT2D eigenvalue weighted by molar-refractivity contribution is 7.21. The summed E-state index contributed by atoms with van der Waals surface area (Å²) < 4.78 is 5.31. The van der Waals surface area contributed by atoms with E-state index in [1.54, 1.807) is 19.5 Å². The van der Waals surface area contributed by atoms with Crippen LogP contribution in [0.4, 0.5) is 10.8 Å². The molecule has 2 aromatic carbocycles. The van der Waals surface area contributed by atoms with Crippen molar-refractivity contribution < 1.29 is 9.53 Å². The minimum Gasteiger partial charge on any atom is -0.497 e. The number of nitrogens with two attached hydrogens (primary N) is 1. The summed E-state index contributed by atoms with van der Waals surface area (Å²) in [5, 5.41) is 6.08. The number of anilines is 2. The lowest BCUT2D eigenvalue weighted by Gasteiger charge is -2.10. The van der Waals surface area contributed by atoms with Crippen molar-refractivity contribution in [3.8, 4) is 39.4 Å². The average Bonchev–Trinajstić information content (AvgIpc) is 3.58. The maximum atomic E-state index is 13.4. The average molecular weight is 550 g/mol. The number of benzene rings is 2. The zero-order valence-electron chi connectivity index (χ0n) is 21.1. The molecule has 4 aromatic heterocycles. The number of hydrogen-bond donors (Lipinski definition) is 2. The lowest BCUT2D eigenvalue weighted by Crippen LogP contribution is -2.11. The number of carbonyl (C=O) groups is 1. The van der Waals surface area contributed by atoms with Gasteiger partial charge in [-0.1, -0.05) is 29.8 Å². The van der Waals surface area contributed by atoms with Crippen molar-refractivity contribution in [2.75, 3.05) is 18.2 Å². The Bertz CT molecular complexity index is 1790. The number of carbonyl (C=O) groups excluding carboxylic acids is 1. The second-order valence-corrected chi connectivity index (χ2v) is 10.8. The van der Waals surface area contributed by atoms with E-state index in [0.29, 0.717) is 20.5 Å². The maximum absolute atomic E-state index is 13.4. The first-order valence-corrected chi connectivity index (χ1v) is 13.8. The molecule has 3 N–H and O–H groups in total. The Morgan fingerprint density at radius 2 is 1.59 bits per heavy atom. The molecule has 0 radical (unpaired) electrons. The quantitative estimate of drug-likeness (QED) is 0.226. The summed E-state index contributed by atoms with van der Waals surface area (Å²) in [6.45, 7) is 2.05. The molecule has 39 heavy (non-hydrogen) atoms. The topological polar surface area (TPSA) is 103 Å². The first-order chi connectivity index (χ1) is 19.0. The molecule has 0 saturated carbocycles. The van der Waals surface area contributed by atoms with Gasteiger partial charge in [0.15, 0.2) is 5.13 Å². The second kappa shape index (κ2) is 10.3. The summed E-state index contributed by atoms with van der Waals surface area (Å²) in [4.78, 5) is 28.0. The molecular formula is C30H23N5O2S2. The zero-order chi connectivity index (χ0) is 26.9. The number of pyridine rings is 2. The molecular weight excluding hydrogens is 526 g/mol. The van der Waals surface area contributed by atoms with E-state index in [4.69, 9.17) is 15.5 Å². The van der Waals surface area contributed by atoms with Crippen molar-refractivity contribution in [1.29, 1.82) is 0 Å². The number of methoxy groups -OCH3 is 1. The van der Waals surface area contributed by atoms with E-state index >= 15 is 0 Å². The zero-order valence-corrected chi connectivity index (χ0v) is 22.8. The highest BCUT2D eigenvalue weighted by atomic mass is 32.1. The molecule has 7 nitrogen and oxygen atoms in total. The third kappa shape index (κ3) is 4.85. The van der Waals surface area contributed by atoms with Crippen LogP contribution in [0.1, 0.15) is 15.2 Å². The highest BCUT2D eigenvalue weighted by Crippen LogP contribution is 2.42. The van der Waals surface area contributed by atoms with Gasteiger partial charge in [0.25, 0.3) is 5.91 Å². The first kappa shape index (κ1) is 24.7. The molecule has 6 aromatic rings. The van der Waals surface area contributed by atoms with Gasteiger partial charge in [-0.3, -0.25) is 15.1 Å². The number of thiazole rings is 1. The van der Waals surface area contributed by atoms with Crippen LogP contribution >= 0.6 is 22.7 Å². The van der Waals surface area contributed by atoms with E-state index < -0.39 is 0 Å². The smallest absolute Gasteiger partial charge is 0.269 e. The van der Waals surface area contributed by atoms with Crippen LogP contribution in [0.25, 0.3) is 43.9 Å². The lowest BCUT2D eigenvalue weighted by atomic mass is 9.98. The van der Waals surface area contributed by atoms with Crippen molar-refractivity contribution in [2.45, 2.75) is 6.92 Å². The fourth-order valence-electron chi connectivity index (χ4n) is 4.30. The maximum Gasteiger partial charge on any atom is 0.269 e. The van der Waals surface area contributed by atoms with E-state index in [9.17, 15) is 4.79 Å². The largest absolute Gasteiger partial charge is 0.497 e. The van der Waals surface area contributed by atoms with E-state index in [0.717, 1.165) is 50.3 Å². The third-order valence-electron chi connectivity index (χ3n) is 6.35. The number of nitrogens with zero attached hydrogens (tertiary/aromatic N) is 3. The first-order valence-electron chi connectivity index (χ1n) is 12.1. The van der Waals surface area contributed by atoms with Crippen molar-refractivity contribution in [3.05, 3.63) is 94.9 Å². The fourth-order valence-corrected chi connectivity index (χ4v) is 6.03. The Balaban J connectivity index is 1.41. The standard InChI is InChI=1S/C30H23N5O2S2/c1-17-3-5-18(6-4-17)22-15-23(19-7-9-21(37-2)10-8-19)33-29-25(22)26(31)27(39-29)28(36)35-30-34-24(16-38-30)20-11-13-32-14-12-20/h3-16H,31H2,1-2H3,(H,34,35,36). The van der Waals surface area contributed by atoms with Crippen LogP contribution in [0.3, 0.4) is 0 Å². The van der Waals surface area contributed by atoms with Crippen LogP contribution in [-0.2, 0) is 0 Å². The van der Waals surface area contributed by atoms with Gasteiger partial charge in [-0.25, -0.2) is 9.97 Å². The van der Waals surface area contributed by atoms with Gasteiger partial charge in [-0.2, -0.15) is 0 Å². The predicted octanol–water partition coefficient (Wildman–Crippen LogP) is 7.30. The molecule has 0 aliphatic rings.